The van der Waals surface area contributed by atoms with Crippen molar-refractivity contribution < 1.29 is 0 Å². The van der Waals surface area contributed by atoms with Crippen LogP contribution in [0.1, 0.15) is 50.7 Å². The molecule has 2 aromatic rings. The summed E-state index contributed by atoms with van der Waals surface area (Å²) in [6.45, 7) is 4.23. The molecule has 3 rings (SSSR count). The zero-order chi connectivity index (χ0) is 13.6. The van der Waals surface area contributed by atoms with Crippen LogP contribution in [0.3, 0.4) is 0 Å². The third-order valence-corrected chi connectivity index (χ3v) is 4.89. The van der Waals surface area contributed by atoms with Gasteiger partial charge in [-0.05, 0) is 54.6 Å². The lowest BCUT2D eigenvalue weighted by Crippen LogP contribution is -2.41. The Labute approximate surface area is 126 Å². The molecule has 0 spiro atoms. The SMILES string of the molecule is CCC1(n2c(C(C)Cl)nc3cc(Br)cnc32)CCC1. The highest BCUT2D eigenvalue weighted by Gasteiger charge is 2.40. The average molecular weight is 343 g/mol. The summed E-state index contributed by atoms with van der Waals surface area (Å²) < 4.78 is 3.26. The maximum atomic E-state index is 6.34. The highest BCUT2D eigenvalue weighted by molar-refractivity contribution is 9.10. The highest BCUT2D eigenvalue weighted by atomic mass is 79.9. The van der Waals surface area contributed by atoms with Crippen molar-refractivity contribution >= 4 is 38.7 Å². The van der Waals surface area contributed by atoms with Crippen LogP contribution in [0.15, 0.2) is 16.7 Å². The van der Waals surface area contributed by atoms with Gasteiger partial charge in [-0.1, -0.05) is 6.92 Å². The van der Waals surface area contributed by atoms with Crippen molar-refractivity contribution in [3.05, 3.63) is 22.6 Å². The van der Waals surface area contributed by atoms with Gasteiger partial charge < -0.3 is 4.57 Å². The van der Waals surface area contributed by atoms with Crippen LogP contribution in [0.25, 0.3) is 11.2 Å². The summed E-state index contributed by atoms with van der Waals surface area (Å²) >= 11 is 9.80. The molecule has 102 valence electrons. The fourth-order valence-electron chi connectivity index (χ4n) is 3.01. The third-order valence-electron chi connectivity index (χ3n) is 4.26. The number of imidazole rings is 1. The molecule has 1 unspecified atom stereocenters. The fraction of sp³-hybridized carbons (Fsp3) is 0.571. The number of aromatic nitrogens is 3. The lowest BCUT2D eigenvalue weighted by molar-refractivity contribution is 0.136. The minimum atomic E-state index is -0.1000. The molecule has 1 fully saturated rings. The Morgan fingerprint density at radius 1 is 1.53 bits per heavy atom. The Morgan fingerprint density at radius 2 is 2.26 bits per heavy atom. The van der Waals surface area contributed by atoms with Crippen molar-refractivity contribution in [2.75, 3.05) is 0 Å². The predicted octanol–water partition coefficient (Wildman–Crippen LogP) is 4.78. The molecule has 1 aliphatic rings. The molecule has 1 aliphatic carbocycles. The van der Waals surface area contributed by atoms with Crippen LogP contribution in [0, 0.1) is 0 Å². The standard InChI is InChI=1S/C14H17BrClN3/c1-3-14(5-4-6-14)19-12(9(2)16)18-11-7-10(15)8-17-13(11)19/h7-9H,3-6H2,1-2H3. The second-order valence-electron chi connectivity index (χ2n) is 5.35. The van der Waals surface area contributed by atoms with E-state index < -0.39 is 0 Å². The quantitative estimate of drug-likeness (QED) is 0.751. The normalized spacial score (nSPS) is 19.4. The molecule has 0 amide bonds. The summed E-state index contributed by atoms with van der Waals surface area (Å²) in [6, 6.07) is 2.02. The summed E-state index contributed by atoms with van der Waals surface area (Å²) in [5, 5.41) is -0.1000. The molecule has 0 aliphatic heterocycles. The third kappa shape index (κ3) is 2.00. The summed E-state index contributed by atoms with van der Waals surface area (Å²) in [7, 11) is 0. The van der Waals surface area contributed by atoms with E-state index in [-0.39, 0.29) is 10.9 Å². The largest absolute Gasteiger partial charge is 0.305 e. The van der Waals surface area contributed by atoms with E-state index in [9.17, 15) is 0 Å². The second kappa shape index (κ2) is 4.74. The smallest absolute Gasteiger partial charge is 0.160 e. The first kappa shape index (κ1) is 13.4. The molecule has 3 nitrogen and oxygen atoms in total. The number of rotatable bonds is 3. The molecule has 0 bridgehead atoms. The second-order valence-corrected chi connectivity index (χ2v) is 6.92. The van der Waals surface area contributed by atoms with E-state index in [0.29, 0.717) is 0 Å². The van der Waals surface area contributed by atoms with Crippen molar-refractivity contribution in [3.8, 4) is 0 Å². The number of fused-ring (bicyclic) bond motifs is 1. The number of alkyl halides is 1. The minimum Gasteiger partial charge on any atom is -0.305 e. The van der Waals surface area contributed by atoms with E-state index >= 15 is 0 Å². The summed E-state index contributed by atoms with van der Waals surface area (Å²) in [4.78, 5) is 9.28. The lowest BCUT2D eigenvalue weighted by atomic mass is 9.74. The van der Waals surface area contributed by atoms with Gasteiger partial charge >= 0.3 is 0 Å². The number of pyridine rings is 1. The van der Waals surface area contributed by atoms with Crippen LogP contribution in [0.2, 0.25) is 0 Å². The summed E-state index contributed by atoms with van der Waals surface area (Å²) in [5.74, 6) is 0.948. The van der Waals surface area contributed by atoms with E-state index in [0.717, 1.165) is 27.9 Å². The first-order chi connectivity index (χ1) is 9.07. The summed E-state index contributed by atoms with van der Waals surface area (Å²) in [6.07, 6.45) is 6.62. The molecular formula is C14H17BrClN3. The molecule has 0 radical (unpaired) electrons. The van der Waals surface area contributed by atoms with Gasteiger partial charge in [-0.2, -0.15) is 0 Å². The van der Waals surface area contributed by atoms with Crippen LogP contribution >= 0.6 is 27.5 Å². The zero-order valence-electron chi connectivity index (χ0n) is 11.2. The number of nitrogens with zero attached hydrogens (tertiary/aromatic N) is 3. The van der Waals surface area contributed by atoms with Crippen molar-refractivity contribution in [2.45, 2.75) is 50.4 Å². The van der Waals surface area contributed by atoms with Gasteiger partial charge in [0.15, 0.2) is 5.65 Å². The van der Waals surface area contributed by atoms with Crippen LogP contribution < -0.4 is 0 Å². The molecular weight excluding hydrogens is 326 g/mol. The van der Waals surface area contributed by atoms with Gasteiger partial charge in [0.2, 0.25) is 0 Å². The monoisotopic (exact) mass is 341 g/mol. The van der Waals surface area contributed by atoms with E-state index in [4.69, 9.17) is 16.6 Å². The van der Waals surface area contributed by atoms with E-state index in [1.807, 2.05) is 19.2 Å². The van der Waals surface area contributed by atoms with E-state index in [1.165, 1.54) is 19.3 Å². The lowest BCUT2D eigenvalue weighted by Gasteiger charge is -2.43. The number of hydrogen-bond acceptors (Lipinski definition) is 2. The molecule has 1 atom stereocenters. The Balaban J connectivity index is 2.28. The van der Waals surface area contributed by atoms with Crippen molar-refractivity contribution in [3.63, 3.8) is 0 Å². The zero-order valence-corrected chi connectivity index (χ0v) is 13.5. The average Bonchev–Trinajstić information content (AvgIpc) is 2.68. The first-order valence-electron chi connectivity index (χ1n) is 6.76. The van der Waals surface area contributed by atoms with Gasteiger partial charge in [0.05, 0.1) is 5.38 Å². The number of hydrogen-bond donors (Lipinski definition) is 0. The van der Waals surface area contributed by atoms with Crippen molar-refractivity contribution in [1.82, 2.24) is 14.5 Å². The van der Waals surface area contributed by atoms with Crippen LogP contribution in [-0.2, 0) is 5.54 Å². The van der Waals surface area contributed by atoms with Crippen LogP contribution in [0.5, 0.6) is 0 Å². The first-order valence-corrected chi connectivity index (χ1v) is 7.99. The van der Waals surface area contributed by atoms with Gasteiger partial charge in [-0.3, -0.25) is 0 Å². The van der Waals surface area contributed by atoms with Crippen LogP contribution in [-0.4, -0.2) is 14.5 Å². The Hall–Kier alpha value is -0.610. The Kier molecular flexibility index (Phi) is 3.34. The van der Waals surface area contributed by atoms with Crippen LogP contribution in [0.4, 0.5) is 0 Å². The maximum Gasteiger partial charge on any atom is 0.160 e. The van der Waals surface area contributed by atoms with Gasteiger partial charge in [-0.15, -0.1) is 11.6 Å². The topological polar surface area (TPSA) is 30.7 Å². The fourth-order valence-corrected chi connectivity index (χ4v) is 3.48. The number of halogens is 2. The molecule has 5 heteroatoms. The molecule has 0 aromatic carbocycles. The maximum absolute atomic E-state index is 6.34. The molecule has 0 saturated heterocycles. The Morgan fingerprint density at radius 3 is 2.79 bits per heavy atom. The molecule has 1 saturated carbocycles. The molecule has 2 heterocycles. The molecule has 2 aromatic heterocycles. The molecule has 19 heavy (non-hydrogen) atoms. The summed E-state index contributed by atoms with van der Waals surface area (Å²) in [5.41, 5.74) is 2.07. The van der Waals surface area contributed by atoms with Gasteiger partial charge in [-0.25, -0.2) is 9.97 Å². The van der Waals surface area contributed by atoms with Gasteiger partial charge in [0, 0.05) is 16.2 Å². The molecule has 0 N–H and O–H groups in total. The van der Waals surface area contributed by atoms with Gasteiger partial charge in [0.1, 0.15) is 11.3 Å². The van der Waals surface area contributed by atoms with Crippen molar-refractivity contribution in [2.24, 2.45) is 0 Å². The van der Waals surface area contributed by atoms with Crippen molar-refractivity contribution in [1.29, 1.82) is 0 Å². The Bertz CT molecular complexity index is 611. The minimum absolute atomic E-state index is 0.1000. The highest BCUT2D eigenvalue weighted by Crippen LogP contribution is 2.45. The van der Waals surface area contributed by atoms with E-state index in [1.54, 1.807) is 0 Å². The van der Waals surface area contributed by atoms with Gasteiger partial charge in [0.25, 0.3) is 0 Å². The predicted molar refractivity (Wildman–Crippen MR) is 81.6 cm³/mol. The van der Waals surface area contributed by atoms with E-state index in [2.05, 4.69) is 32.4 Å².